The molecular weight excluding hydrogens is 222 g/mol. The van der Waals surface area contributed by atoms with Gasteiger partial charge in [0.25, 0.3) is 5.69 Å². The number of hydrogen-bond donors (Lipinski definition) is 1. The Hall–Kier alpha value is -2.43. The fourth-order valence-corrected chi connectivity index (χ4v) is 1.76. The fraction of sp³-hybridized carbons (Fsp3) is 0.0833. The third-order valence-corrected chi connectivity index (χ3v) is 2.57. The van der Waals surface area contributed by atoms with Gasteiger partial charge in [-0.2, -0.15) is 0 Å². The molecule has 5 nitrogen and oxygen atoms in total. The zero-order valence-electron chi connectivity index (χ0n) is 9.01. The van der Waals surface area contributed by atoms with Gasteiger partial charge in [-0.25, -0.2) is 0 Å². The summed E-state index contributed by atoms with van der Waals surface area (Å²) < 4.78 is 0. The molecule has 86 valence electrons. The van der Waals surface area contributed by atoms with Crippen LogP contribution in [0.5, 0.6) is 5.75 Å². The first kappa shape index (κ1) is 11.1. The Bertz CT molecular complexity index is 634. The van der Waals surface area contributed by atoms with E-state index in [1.54, 1.807) is 18.2 Å². The number of non-ortho nitro benzene ring substituents is 1. The van der Waals surface area contributed by atoms with Crippen LogP contribution in [0, 0.1) is 10.1 Å². The van der Waals surface area contributed by atoms with Gasteiger partial charge in [0.2, 0.25) is 0 Å². The smallest absolute Gasteiger partial charge is 0.278 e. The van der Waals surface area contributed by atoms with Gasteiger partial charge < -0.3 is 5.11 Å². The second kappa shape index (κ2) is 3.86. The molecule has 2 aromatic rings. The van der Waals surface area contributed by atoms with Crippen LogP contribution in [0.1, 0.15) is 17.3 Å². The van der Waals surface area contributed by atoms with Crippen molar-refractivity contribution in [1.82, 2.24) is 0 Å². The normalized spacial score (nSPS) is 10.4. The fourth-order valence-electron chi connectivity index (χ4n) is 1.76. The number of rotatable bonds is 2. The average Bonchev–Trinajstić information content (AvgIpc) is 2.29. The largest absolute Gasteiger partial charge is 0.507 e. The van der Waals surface area contributed by atoms with Crippen molar-refractivity contribution >= 4 is 22.2 Å². The highest BCUT2D eigenvalue weighted by atomic mass is 16.6. The monoisotopic (exact) mass is 231 g/mol. The van der Waals surface area contributed by atoms with E-state index in [0.29, 0.717) is 10.8 Å². The number of phenolic OH excluding ortho intramolecular Hbond substituents is 1. The average molecular weight is 231 g/mol. The van der Waals surface area contributed by atoms with E-state index < -0.39 is 10.7 Å². The number of nitrogens with zero attached hydrogens (tertiary/aromatic N) is 1. The summed E-state index contributed by atoms with van der Waals surface area (Å²) >= 11 is 0. The lowest BCUT2D eigenvalue weighted by molar-refractivity contribution is -0.383. The maximum Gasteiger partial charge on any atom is 0.278 e. The number of Topliss-reactive ketones (excluding diaryl/α,β-unsaturated/α-hetero) is 1. The second-order valence-electron chi connectivity index (χ2n) is 3.65. The van der Waals surface area contributed by atoms with Gasteiger partial charge in [-0.15, -0.1) is 0 Å². The molecule has 17 heavy (non-hydrogen) atoms. The molecule has 0 heterocycles. The number of hydrogen-bond acceptors (Lipinski definition) is 4. The highest BCUT2D eigenvalue weighted by Crippen LogP contribution is 2.35. The van der Waals surface area contributed by atoms with Crippen molar-refractivity contribution in [1.29, 1.82) is 0 Å². The molecule has 1 N–H and O–H groups in total. The molecule has 2 rings (SSSR count). The molecule has 5 heteroatoms. The highest BCUT2D eigenvalue weighted by Gasteiger charge is 2.20. The number of phenols is 1. The summed E-state index contributed by atoms with van der Waals surface area (Å²) in [6.45, 7) is 1.26. The van der Waals surface area contributed by atoms with E-state index in [0.717, 1.165) is 6.07 Å². The first-order valence-corrected chi connectivity index (χ1v) is 4.92. The van der Waals surface area contributed by atoms with Crippen LogP contribution in [0.15, 0.2) is 30.3 Å². The Kier molecular flexibility index (Phi) is 2.51. The third-order valence-electron chi connectivity index (χ3n) is 2.57. The summed E-state index contributed by atoms with van der Waals surface area (Å²) in [4.78, 5) is 21.7. The Morgan fingerprint density at radius 2 is 1.88 bits per heavy atom. The summed E-state index contributed by atoms with van der Waals surface area (Å²) in [5.41, 5.74) is -0.209. The summed E-state index contributed by atoms with van der Waals surface area (Å²) in [6.07, 6.45) is 0. The Balaban J connectivity index is 2.94. The molecule has 0 unspecified atom stereocenters. The molecule has 0 fully saturated rings. The van der Waals surface area contributed by atoms with Crippen LogP contribution >= 0.6 is 0 Å². The summed E-state index contributed by atoms with van der Waals surface area (Å²) in [7, 11) is 0. The van der Waals surface area contributed by atoms with Crippen LogP contribution in [-0.4, -0.2) is 15.8 Å². The molecule has 0 aromatic heterocycles. The van der Waals surface area contributed by atoms with Crippen LogP contribution in [-0.2, 0) is 0 Å². The van der Waals surface area contributed by atoms with Crippen LogP contribution in [0.25, 0.3) is 10.8 Å². The molecule has 0 bridgehead atoms. The van der Waals surface area contributed by atoms with E-state index in [1.165, 1.54) is 13.0 Å². The SMILES string of the molecule is CC(=O)c1cc([N+](=O)[O-])c2ccccc2c1O. The minimum atomic E-state index is -0.561. The lowest BCUT2D eigenvalue weighted by Gasteiger charge is -2.06. The van der Waals surface area contributed by atoms with Crippen LogP contribution < -0.4 is 0 Å². The van der Waals surface area contributed by atoms with Crippen LogP contribution in [0.3, 0.4) is 0 Å². The van der Waals surface area contributed by atoms with Gasteiger partial charge in [-0.1, -0.05) is 18.2 Å². The summed E-state index contributed by atoms with van der Waals surface area (Å²) in [5.74, 6) is -0.616. The predicted octanol–water partition coefficient (Wildman–Crippen LogP) is 2.66. The van der Waals surface area contributed by atoms with Crippen molar-refractivity contribution in [2.45, 2.75) is 6.92 Å². The third kappa shape index (κ3) is 1.71. The molecule has 0 amide bonds. The van der Waals surface area contributed by atoms with Crippen molar-refractivity contribution in [3.05, 3.63) is 46.0 Å². The summed E-state index contributed by atoms with van der Waals surface area (Å²) in [5, 5.41) is 21.4. The number of ketones is 1. The lowest BCUT2D eigenvalue weighted by atomic mass is 10.0. The van der Waals surface area contributed by atoms with E-state index in [4.69, 9.17) is 0 Å². The first-order valence-electron chi connectivity index (χ1n) is 4.92. The number of fused-ring (bicyclic) bond motifs is 1. The molecule has 0 saturated carbocycles. The molecule has 0 aliphatic rings. The summed E-state index contributed by atoms with van der Waals surface area (Å²) in [6, 6.07) is 7.49. The molecule has 0 atom stereocenters. The second-order valence-corrected chi connectivity index (χ2v) is 3.65. The van der Waals surface area contributed by atoms with E-state index in [1.807, 2.05) is 0 Å². The standard InChI is InChI=1S/C12H9NO4/c1-7(14)10-6-11(13(16)17)8-4-2-3-5-9(8)12(10)15/h2-6,15H,1H3. The van der Waals surface area contributed by atoms with E-state index in [9.17, 15) is 20.0 Å². The van der Waals surface area contributed by atoms with E-state index in [-0.39, 0.29) is 17.0 Å². The number of benzene rings is 2. The van der Waals surface area contributed by atoms with Gasteiger partial charge in [-0.3, -0.25) is 14.9 Å². The molecular formula is C12H9NO4. The van der Waals surface area contributed by atoms with Crippen molar-refractivity contribution < 1.29 is 14.8 Å². The Morgan fingerprint density at radius 3 is 2.41 bits per heavy atom. The number of carbonyl (C=O) groups excluding carboxylic acids is 1. The molecule has 0 saturated heterocycles. The molecule has 0 aliphatic heterocycles. The Labute approximate surface area is 96.5 Å². The van der Waals surface area contributed by atoms with Gasteiger partial charge in [-0.05, 0) is 13.0 Å². The zero-order chi connectivity index (χ0) is 12.6. The molecule has 2 aromatic carbocycles. The van der Waals surface area contributed by atoms with Crippen LogP contribution in [0.2, 0.25) is 0 Å². The zero-order valence-corrected chi connectivity index (χ0v) is 9.01. The van der Waals surface area contributed by atoms with Crippen molar-refractivity contribution in [2.75, 3.05) is 0 Å². The van der Waals surface area contributed by atoms with Gasteiger partial charge in [0.15, 0.2) is 5.78 Å². The molecule has 0 radical (unpaired) electrons. The minimum absolute atomic E-state index is 0.0320. The Morgan fingerprint density at radius 1 is 1.29 bits per heavy atom. The molecule has 0 aliphatic carbocycles. The quantitative estimate of drug-likeness (QED) is 0.489. The van der Waals surface area contributed by atoms with Crippen molar-refractivity contribution in [3.63, 3.8) is 0 Å². The van der Waals surface area contributed by atoms with E-state index >= 15 is 0 Å². The lowest BCUT2D eigenvalue weighted by Crippen LogP contribution is -1.97. The predicted molar refractivity (Wildman–Crippen MR) is 62.3 cm³/mol. The van der Waals surface area contributed by atoms with Gasteiger partial charge in [0.05, 0.1) is 15.9 Å². The maximum absolute atomic E-state index is 11.3. The maximum atomic E-state index is 11.3. The van der Waals surface area contributed by atoms with Crippen LogP contribution in [0.4, 0.5) is 5.69 Å². The first-order chi connectivity index (χ1) is 8.02. The topological polar surface area (TPSA) is 80.4 Å². The van der Waals surface area contributed by atoms with Gasteiger partial charge >= 0.3 is 0 Å². The van der Waals surface area contributed by atoms with Gasteiger partial charge in [0, 0.05) is 11.5 Å². The number of nitro groups is 1. The van der Waals surface area contributed by atoms with Gasteiger partial charge in [0.1, 0.15) is 5.75 Å². The minimum Gasteiger partial charge on any atom is -0.507 e. The highest BCUT2D eigenvalue weighted by molar-refractivity contribution is 6.06. The number of carbonyl (C=O) groups is 1. The number of aromatic hydroxyl groups is 1. The van der Waals surface area contributed by atoms with E-state index in [2.05, 4.69) is 0 Å². The molecule has 0 spiro atoms. The van der Waals surface area contributed by atoms with Crippen molar-refractivity contribution in [2.24, 2.45) is 0 Å². The number of nitro benzene ring substituents is 1. The van der Waals surface area contributed by atoms with Crippen molar-refractivity contribution in [3.8, 4) is 5.75 Å².